The van der Waals surface area contributed by atoms with E-state index in [1.807, 2.05) is 0 Å². The molecule has 0 bridgehead atoms. The highest BCUT2D eigenvalue weighted by atomic mass is 35.5. The first kappa shape index (κ1) is 15.1. The van der Waals surface area contributed by atoms with Crippen molar-refractivity contribution in [2.45, 2.75) is 0 Å². The Morgan fingerprint density at radius 1 is 1.38 bits per heavy atom. The zero-order valence-electron chi connectivity index (χ0n) is 10.6. The Kier molecular flexibility index (Phi) is 4.00. The fraction of sp³-hybridized carbons (Fsp3) is 0.100. The van der Waals surface area contributed by atoms with Crippen LogP contribution < -0.4 is 15.8 Å². The van der Waals surface area contributed by atoms with Crippen LogP contribution in [0.1, 0.15) is 10.5 Å². The molecule has 1 amide bonds. The second kappa shape index (κ2) is 5.58. The molecule has 2 aromatic rings. The van der Waals surface area contributed by atoms with Crippen molar-refractivity contribution in [2.75, 3.05) is 22.0 Å². The molecule has 4 N–H and O–H groups in total. The molecule has 1 heterocycles. The number of carbonyl (C=O) groups is 1. The Bertz CT molecular complexity index is 788. The lowest BCUT2D eigenvalue weighted by Crippen LogP contribution is -2.14. The molecular weight excluding hydrogens is 322 g/mol. The van der Waals surface area contributed by atoms with Gasteiger partial charge in [-0.3, -0.25) is 9.52 Å². The van der Waals surface area contributed by atoms with Crippen LogP contribution in [0.2, 0.25) is 5.02 Å². The van der Waals surface area contributed by atoms with Crippen LogP contribution in [0.25, 0.3) is 0 Å². The molecule has 9 nitrogen and oxygen atoms in total. The van der Waals surface area contributed by atoms with Crippen LogP contribution in [0.3, 0.4) is 0 Å². The highest BCUT2D eigenvalue weighted by Gasteiger charge is 2.16. The third-order valence-corrected chi connectivity index (χ3v) is 3.15. The molecule has 11 heteroatoms. The molecule has 1 aromatic heterocycles. The van der Waals surface area contributed by atoms with Gasteiger partial charge in [-0.15, -0.1) is 0 Å². The Labute approximate surface area is 124 Å². The molecule has 0 spiro atoms. The molecular formula is C10H10ClN5O4S. The number of nitrogens with zero attached hydrogens (tertiary/aromatic N) is 2. The minimum atomic E-state index is -3.45. The summed E-state index contributed by atoms with van der Waals surface area (Å²) >= 11 is 5.93. The van der Waals surface area contributed by atoms with Crippen LogP contribution in [-0.4, -0.2) is 30.9 Å². The summed E-state index contributed by atoms with van der Waals surface area (Å²) < 4.78 is 28.8. The van der Waals surface area contributed by atoms with Crippen LogP contribution in [0.5, 0.6) is 0 Å². The standard InChI is InChI=1S/C10H10ClN5O4S/c1-21(18,19)16-7-3-2-5(4-6(7)11)13-10(17)8-9(12)15-20-14-8/h2-4,16H,1H3,(H2,12,15)(H,13,17). The maximum absolute atomic E-state index is 11.8. The van der Waals surface area contributed by atoms with E-state index in [2.05, 4.69) is 25.0 Å². The Hall–Kier alpha value is -2.33. The van der Waals surface area contributed by atoms with Crippen LogP contribution in [0.4, 0.5) is 17.2 Å². The fourth-order valence-electron chi connectivity index (χ4n) is 1.42. The Balaban J connectivity index is 2.18. The lowest BCUT2D eigenvalue weighted by molar-refractivity contribution is 0.101. The molecule has 0 fully saturated rings. The summed E-state index contributed by atoms with van der Waals surface area (Å²) in [6, 6.07) is 4.24. The highest BCUT2D eigenvalue weighted by molar-refractivity contribution is 7.92. The molecule has 0 aliphatic rings. The molecule has 1 aromatic carbocycles. The second-order valence-electron chi connectivity index (χ2n) is 4.02. The molecule has 112 valence electrons. The molecule has 21 heavy (non-hydrogen) atoms. The van der Waals surface area contributed by atoms with Crippen molar-refractivity contribution >= 4 is 44.7 Å². The van der Waals surface area contributed by atoms with E-state index in [1.165, 1.54) is 18.2 Å². The smallest absolute Gasteiger partial charge is 0.281 e. The largest absolute Gasteiger partial charge is 0.379 e. The lowest BCUT2D eigenvalue weighted by atomic mass is 10.2. The van der Waals surface area contributed by atoms with Gasteiger partial charge in [-0.05, 0) is 28.5 Å². The summed E-state index contributed by atoms with van der Waals surface area (Å²) in [6.07, 6.45) is 0.999. The van der Waals surface area contributed by atoms with Crippen molar-refractivity contribution in [3.8, 4) is 0 Å². The molecule has 0 radical (unpaired) electrons. The number of anilines is 3. The number of sulfonamides is 1. The fourth-order valence-corrected chi connectivity index (χ4v) is 2.28. The number of aromatic nitrogens is 2. The van der Waals surface area contributed by atoms with E-state index in [-0.39, 0.29) is 22.2 Å². The van der Waals surface area contributed by atoms with E-state index in [0.717, 1.165) is 6.26 Å². The molecule has 0 saturated heterocycles. The number of hydrogen-bond acceptors (Lipinski definition) is 7. The van der Waals surface area contributed by atoms with Crippen LogP contribution in [0, 0.1) is 0 Å². The second-order valence-corrected chi connectivity index (χ2v) is 6.18. The van der Waals surface area contributed by atoms with Gasteiger partial charge >= 0.3 is 0 Å². The zero-order valence-corrected chi connectivity index (χ0v) is 12.2. The van der Waals surface area contributed by atoms with Crippen LogP contribution in [-0.2, 0) is 10.0 Å². The molecule has 0 saturated carbocycles. The predicted octanol–water partition coefficient (Wildman–Crippen LogP) is 0.929. The van der Waals surface area contributed by atoms with Crippen LogP contribution in [0.15, 0.2) is 22.8 Å². The average molecular weight is 332 g/mol. The number of nitrogen functional groups attached to an aromatic ring is 1. The van der Waals surface area contributed by atoms with Crippen molar-refractivity contribution in [1.82, 2.24) is 10.3 Å². The Morgan fingerprint density at radius 3 is 2.62 bits per heavy atom. The number of amides is 1. The summed E-state index contributed by atoms with van der Waals surface area (Å²) in [6.45, 7) is 0. The molecule has 0 aliphatic heterocycles. The topological polar surface area (TPSA) is 140 Å². The predicted molar refractivity (Wildman–Crippen MR) is 76.6 cm³/mol. The normalized spacial score (nSPS) is 11.1. The third kappa shape index (κ3) is 3.83. The number of carbonyl (C=O) groups excluding carboxylic acids is 1. The minimum absolute atomic E-state index is 0.115. The van der Waals surface area contributed by atoms with E-state index >= 15 is 0 Å². The van der Waals surface area contributed by atoms with E-state index in [4.69, 9.17) is 17.3 Å². The molecule has 0 atom stereocenters. The van der Waals surface area contributed by atoms with Gasteiger partial charge in [0.25, 0.3) is 5.91 Å². The first-order chi connectivity index (χ1) is 9.76. The summed E-state index contributed by atoms with van der Waals surface area (Å²) in [5.74, 6) is -0.775. The highest BCUT2D eigenvalue weighted by Crippen LogP contribution is 2.26. The van der Waals surface area contributed by atoms with Gasteiger partial charge in [-0.1, -0.05) is 11.6 Å². The van der Waals surface area contributed by atoms with Crippen molar-refractivity contribution in [3.05, 3.63) is 28.9 Å². The summed E-state index contributed by atoms with van der Waals surface area (Å²) in [4.78, 5) is 11.8. The van der Waals surface area contributed by atoms with Gasteiger partial charge in [0.05, 0.1) is 17.0 Å². The number of rotatable bonds is 4. The van der Waals surface area contributed by atoms with E-state index in [0.29, 0.717) is 5.69 Å². The van der Waals surface area contributed by atoms with Gasteiger partial charge in [-0.2, -0.15) is 0 Å². The van der Waals surface area contributed by atoms with E-state index < -0.39 is 15.9 Å². The first-order valence-electron chi connectivity index (χ1n) is 5.43. The SMILES string of the molecule is CS(=O)(=O)Nc1ccc(NC(=O)c2nonc2N)cc1Cl. The summed E-state index contributed by atoms with van der Waals surface area (Å²) in [5.41, 5.74) is 5.74. The average Bonchev–Trinajstić information content (AvgIpc) is 2.77. The molecule has 2 rings (SSSR count). The van der Waals surface area contributed by atoms with E-state index in [9.17, 15) is 13.2 Å². The molecule has 0 unspecified atom stereocenters. The maximum atomic E-state index is 11.8. The van der Waals surface area contributed by atoms with Crippen molar-refractivity contribution in [1.29, 1.82) is 0 Å². The van der Waals surface area contributed by atoms with Gasteiger partial charge in [0.2, 0.25) is 21.5 Å². The van der Waals surface area contributed by atoms with Crippen molar-refractivity contribution < 1.29 is 17.8 Å². The maximum Gasteiger partial charge on any atom is 0.281 e. The van der Waals surface area contributed by atoms with Crippen LogP contribution >= 0.6 is 11.6 Å². The number of nitrogens with one attached hydrogen (secondary N) is 2. The van der Waals surface area contributed by atoms with Gasteiger partial charge in [-0.25, -0.2) is 13.0 Å². The number of hydrogen-bond donors (Lipinski definition) is 3. The monoisotopic (exact) mass is 331 g/mol. The Morgan fingerprint density at radius 2 is 2.10 bits per heavy atom. The third-order valence-electron chi connectivity index (χ3n) is 2.25. The zero-order chi connectivity index (χ0) is 15.6. The molecule has 0 aliphatic carbocycles. The van der Waals surface area contributed by atoms with Crippen molar-refractivity contribution in [2.24, 2.45) is 0 Å². The number of benzene rings is 1. The summed E-state index contributed by atoms with van der Waals surface area (Å²) in [5, 5.41) is 9.22. The number of halogens is 1. The number of nitrogens with two attached hydrogens (primary N) is 1. The lowest BCUT2D eigenvalue weighted by Gasteiger charge is -2.09. The van der Waals surface area contributed by atoms with Gasteiger partial charge in [0.1, 0.15) is 0 Å². The van der Waals surface area contributed by atoms with E-state index in [1.54, 1.807) is 0 Å². The van der Waals surface area contributed by atoms with Gasteiger partial charge < -0.3 is 11.1 Å². The minimum Gasteiger partial charge on any atom is -0.379 e. The van der Waals surface area contributed by atoms with Crippen molar-refractivity contribution in [3.63, 3.8) is 0 Å². The first-order valence-corrected chi connectivity index (χ1v) is 7.70. The summed E-state index contributed by atoms with van der Waals surface area (Å²) in [7, 11) is -3.45. The van der Waals surface area contributed by atoms with Gasteiger partial charge in [0.15, 0.2) is 0 Å². The quantitative estimate of drug-likeness (QED) is 0.756. The van der Waals surface area contributed by atoms with Gasteiger partial charge in [0, 0.05) is 5.69 Å².